The van der Waals surface area contributed by atoms with Crippen molar-refractivity contribution in [1.29, 1.82) is 0 Å². The zero-order valence-electron chi connectivity index (χ0n) is 15.6. The Bertz CT molecular complexity index is 914. The SMILES string of the molecule is c1ccc(N2CCN(CCCN3Sc4cccc5cccc3c45)CC2)cc1. The summed E-state index contributed by atoms with van der Waals surface area (Å²) in [5.41, 5.74) is 2.75. The third-order valence-electron chi connectivity index (χ3n) is 5.65. The molecule has 0 aliphatic carbocycles. The first kappa shape index (κ1) is 17.0. The second kappa shape index (κ2) is 7.45. The molecule has 0 spiro atoms. The van der Waals surface area contributed by atoms with Crippen LogP contribution in [0, 0.1) is 0 Å². The third-order valence-corrected chi connectivity index (χ3v) is 6.79. The molecule has 2 aliphatic heterocycles. The Labute approximate surface area is 165 Å². The van der Waals surface area contributed by atoms with Crippen molar-refractivity contribution in [3.05, 3.63) is 66.7 Å². The van der Waals surface area contributed by atoms with Crippen molar-refractivity contribution in [2.45, 2.75) is 11.3 Å². The van der Waals surface area contributed by atoms with E-state index < -0.39 is 0 Å². The molecule has 0 amide bonds. The first-order valence-corrected chi connectivity index (χ1v) is 10.7. The number of benzene rings is 3. The molecule has 0 bridgehead atoms. The van der Waals surface area contributed by atoms with Gasteiger partial charge in [0.05, 0.1) is 5.69 Å². The lowest BCUT2D eigenvalue weighted by molar-refractivity contribution is 0.256. The monoisotopic (exact) mass is 375 g/mol. The minimum Gasteiger partial charge on any atom is -0.369 e. The number of piperazine rings is 1. The standard InChI is InChI=1S/C23H25N3S/c1-2-9-20(10-3-1)25-17-15-24(16-18-25)13-6-14-26-21-11-4-7-19-8-5-12-22(27-26)23(19)21/h1-5,7-12H,6,13-18H2. The number of hydrogen-bond donors (Lipinski definition) is 0. The van der Waals surface area contributed by atoms with E-state index in [1.165, 1.54) is 40.0 Å². The molecule has 0 atom stereocenters. The Morgan fingerprint density at radius 1 is 0.741 bits per heavy atom. The molecule has 1 fully saturated rings. The number of rotatable bonds is 5. The van der Waals surface area contributed by atoms with Crippen LogP contribution >= 0.6 is 11.9 Å². The van der Waals surface area contributed by atoms with Crippen LogP contribution in [0.5, 0.6) is 0 Å². The molecule has 0 unspecified atom stereocenters. The van der Waals surface area contributed by atoms with E-state index >= 15 is 0 Å². The second-order valence-corrected chi connectivity index (χ2v) is 8.41. The highest BCUT2D eigenvalue weighted by Gasteiger charge is 2.22. The molecule has 3 aromatic rings. The van der Waals surface area contributed by atoms with Crippen molar-refractivity contribution in [3.63, 3.8) is 0 Å². The first-order valence-electron chi connectivity index (χ1n) is 9.88. The molecule has 0 N–H and O–H groups in total. The largest absolute Gasteiger partial charge is 0.369 e. The third kappa shape index (κ3) is 3.40. The highest BCUT2D eigenvalue weighted by atomic mass is 32.2. The molecule has 1 saturated heterocycles. The fourth-order valence-electron chi connectivity index (χ4n) is 4.21. The maximum atomic E-state index is 2.62. The summed E-state index contributed by atoms with van der Waals surface area (Å²) in [5.74, 6) is 0. The van der Waals surface area contributed by atoms with Gasteiger partial charge in [-0.3, -0.25) is 4.90 Å². The number of hydrogen-bond acceptors (Lipinski definition) is 4. The van der Waals surface area contributed by atoms with Crippen molar-refractivity contribution < 1.29 is 0 Å². The fraction of sp³-hybridized carbons (Fsp3) is 0.304. The van der Waals surface area contributed by atoms with Crippen molar-refractivity contribution in [2.24, 2.45) is 0 Å². The van der Waals surface area contributed by atoms with Crippen LogP contribution in [0.2, 0.25) is 0 Å². The lowest BCUT2D eigenvalue weighted by Gasteiger charge is -2.36. The van der Waals surface area contributed by atoms with Gasteiger partial charge >= 0.3 is 0 Å². The van der Waals surface area contributed by atoms with Gasteiger partial charge in [0.1, 0.15) is 0 Å². The van der Waals surface area contributed by atoms with Gasteiger partial charge < -0.3 is 9.21 Å². The second-order valence-electron chi connectivity index (χ2n) is 7.34. The van der Waals surface area contributed by atoms with Gasteiger partial charge in [0, 0.05) is 48.7 Å². The first-order chi connectivity index (χ1) is 13.4. The summed E-state index contributed by atoms with van der Waals surface area (Å²) in [6.45, 7) is 6.89. The highest BCUT2D eigenvalue weighted by molar-refractivity contribution is 8.01. The van der Waals surface area contributed by atoms with E-state index in [0.717, 1.165) is 32.7 Å². The zero-order valence-corrected chi connectivity index (χ0v) is 16.4. The Morgan fingerprint density at radius 2 is 1.52 bits per heavy atom. The van der Waals surface area contributed by atoms with E-state index in [1.807, 2.05) is 11.9 Å². The van der Waals surface area contributed by atoms with Gasteiger partial charge in [0.2, 0.25) is 0 Å². The number of anilines is 2. The van der Waals surface area contributed by atoms with Gasteiger partial charge in [0.15, 0.2) is 0 Å². The average molecular weight is 376 g/mol. The molecule has 0 radical (unpaired) electrons. The molecule has 0 aromatic heterocycles. The van der Waals surface area contributed by atoms with Gasteiger partial charge in [0.25, 0.3) is 0 Å². The van der Waals surface area contributed by atoms with Crippen molar-refractivity contribution >= 4 is 34.1 Å². The smallest absolute Gasteiger partial charge is 0.0563 e. The summed E-state index contributed by atoms with van der Waals surface area (Å²) in [6.07, 6.45) is 1.21. The molecule has 2 heterocycles. The summed E-state index contributed by atoms with van der Waals surface area (Å²) >= 11 is 1.91. The topological polar surface area (TPSA) is 9.72 Å². The summed E-state index contributed by atoms with van der Waals surface area (Å²) in [5, 5.41) is 2.79. The van der Waals surface area contributed by atoms with Gasteiger partial charge in [-0.2, -0.15) is 0 Å². The van der Waals surface area contributed by atoms with Crippen LogP contribution in [0.4, 0.5) is 11.4 Å². The van der Waals surface area contributed by atoms with E-state index in [9.17, 15) is 0 Å². The van der Waals surface area contributed by atoms with Crippen LogP contribution in [-0.2, 0) is 0 Å². The fourth-order valence-corrected chi connectivity index (χ4v) is 5.37. The normalized spacial score (nSPS) is 17.0. The Kier molecular flexibility index (Phi) is 4.68. The minimum absolute atomic E-state index is 1.11. The minimum atomic E-state index is 1.11. The summed E-state index contributed by atoms with van der Waals surface area (Å²) in [6, 6.07) is 24.1. The van der Waals surface area contributed by atoms with E-state index in [4.69, 9.17) is 0 Å². The molecular formula is C23H25N3S. The Balaban J connectivity index is 1.14. The maximum Gasteiger partial charge on any atom is 0.0563 e. The van der Waals surface area contributed by atoms with Gasteiger partial charge in [-0.25, -0.2) is 0 Å². The molecule has 27 heavy (non-hydrogen) atoms. The van der Waals surface area contributed by atoms with Gasteiger partial charge in [-0.1, -0.05) is 42.5 Å². The van der Waals surface area contributed by atoms with Crippen LogP contribution in [0.3, 0.4) is 0 Å². The lowest BCUT2D eigenvalue weighted by Crippen LogP contribution is -2.46. The maximum absolute atomic E-state index is 2.62. The molecule has 5 rings (SSSR count). The predicted octanol–water partition coefficient (Wildman–Crippen LogP) is 4.88. The molecule has 4 heteroatoms. The highest BCUT2D eigenvalue weighted by Crippen LogP contribution is 2.45. The lowest BCUT2D eigenvalue weighted by atomic mass is 10.1. The molecule has 3 nitrogen and oxygen atoms in total. The van der Waals surface area contributed by atoms with Crippen molar-refractivity contribution in [2.75, 3.05) is 48.5 Å². The Morgan fingerprint density at radius 3 is 2.33 bits per heavy atom. The average Bonchev–Trinajstić information content (AvgIpc) is 3.09. The van der Waals surface area contributed by atoms with Crippen LogP contribution < -0.4 is 9.21 Å². The van der Waals surface area contributed by atoms with Crippen LogP contribution in [0.1, 0.15) is 6.42 Å². The molecule has 3 aromatic carbocycles. The molecule has 138 valence electrons. The number of para-hydroxylation sites is 1. The van der Waals surface area contributed by atoms with Gasteiger partial charge in [-0.15, -0.1) is 0 Å². The summed E-state index contributed by atoms with van der Waals surface area (Å²) in [7, 11) is 0. The molecular weight excluding hydrogens is 350 g/mol. The van der Waals surface area contributed by atoms with Crippen LogP contribution in [0.15, 0.2) is 71.6 Å². The zero-order chi connectivity index (χ0) is 18.1. The van der Waals surface area contributed by atoms with Crippen LogP contribution in [-0.4, -0.2) is 44.2 Å². The summed E-state index contributed by atoms with van der Waals surface area (Å²) < 4.78 is 2.48. The van der Waals surface area contributed by atoms with E-state index in [1.54, 1.807) is 0 Å². The number of nitrogens with zero attached hydrogens (tertiary/aromatic N) is 3. The van der Waals surface area contributed by atoms with Crippen molar-refractivity contribution in [1.82, 2.24) is 4.90 Å². The molecule has 0 saturated carbocycles. The summed E-state index contributed by atoms with van der Waals surface area (Å²) in [4.78, 5) is 6.53. The van der Waals surface area contributed by atoms with Gasteiger partial charge in [-0.05, 0) is 54.6 Å². The van der Waals surface area contributed by atoms with E-state index in [-0.39, 0.29) is 0 Å². The molecule has 2 aliphatic rings. The van der Waals surface area contributed by atoms with Crippen LogP contribution in [0.25, 0.3) is 10.8 Å². The van der Waals surface area contributed by atoms with E-state index in [0.29, 0.717) is 0 Å². The van der Waals surface area contributed by atoms with E-state index in [2.05, 4.69) is 80.8 Å². The van der Waals surface area contributed by atoms with Crippen molar-refractivity contribution in [3.8, 4) is 0 Å². The Hall–Kier alpha value is -2.17. The quantitative estimate of drug-likeness (QED) is 0.588. The predicted molar refractivity (Wildman–Crippen MR) is 117 cm³/mol.